The van der Waals surface area contributed by atoms with Gasteiger partial charge in [0, 0.05) is 0 Å². The van der Waals surface area contributed by atoms with Crippen LogP contribution >= 0.6 is 0 Å². The Labute approximate surface area is 144 Å². The number of nitrogens with one attached hydrogen (secondary N) is 2. The second kappa shape index (κ2) is 8.07. The molecule has 0 aliphatic heterocycles. The minimum absolute atomic E-state index is 0.121. The van der Waals surface area contributed by atoms with Gasteiger partial charge < -0.3 is 5.32 Å². The highest BCUT2D eigenvalue weighted by Crippen LogP contribution is 2.21. The van der Waals surface area contributed by atoms with E-state index in [0.29, 0.717) is 12.0 Å². The van der Waals surface area contributed by atoms with Gasteiger partial charge in [0.05, 0.1) is 11.8 Å². The fourth-order valence-electron chi connectivity index (χ4n) is 2.44. The van der Waals surface area contributed by atoms with Gasteiger partial charge >= 0.3 is 0 Å². The summed E-state index contributed by atoms with van der Waals surface area (Å²) in [5, 5.41) is 2.85. The number of benzene rings is 1. The third-order valence-corrected chi connectivity index (χ3v) is 5.08. The number of carbonyl (C=O) groups excluding carboxylic acids is 1. The molecule has 1 rings (SSSR count). The van der Waals surface area contributed by atoms with Crippen LogP contribution in [0, 0.1) is 11.2 Å². The third kappa shape index (κ3) is 6.97. The van der Waals surface area contributed by atoms with Crippen LogP contribution in [0.15, 0.2) is 24.3 Å². The summed E-state index contributed by atoms with van der Waals surface area (Å²) >= 11 is 0. The maximum Gasteiger partial charge on any atom is 0.250 e. The highest BCUT2D eigenvalue weighted by atomic mass is 32.2. The van der Waals surface area contributed by atoms with Crippen molar-refractivity contribution in [2.75, 3.05) is 12.8 Å². The molecule has 1 aromatic carbocycles. The molecule has 0 radical (unpaired) electrons. The van der Waals surface area contributed by atoms with Crippen LogP contribution in [0.25, 0.3) is 0 Å². The van der Waals surface area contributed by atoms with E-state index in [1.807, 2.05) is 20.8 Å². The van der Waals surface area contributed by atoms with Crippen molar-refractivity contribution in [3.8, 4) is 0 Å². The zero-order valence-corrected chi connectivity index (χ0v) is 15.7. The molecule has 0 heterocycles. The highest BCUT2D eigenvalue weighted by molar-refractivity contribution is 7.90. The van der Waals surface area contributed by atoms with Crippen LogP contribution in [0.1, 0.15) is 45.6 Å². The van der Waals surface area contributed by atoms with Gasteiger partial charge in [-0.1, -0.05) is 39.8 Å². The van der Waals surface area contributed by atoms with Crippen LogP contribution in [-0.2, 0) is 14.8 Å². The number of carbonyl (C=O) groups is 1. The summed E-state index contributed by atoms with van der Waals surface area (Å²) in [4.78, 5) is 12.2. The van der Waals surface area contributed by atoms with Crippen molar-refractivity contribution in [3.05, 3.63) is 35.6 Å². The number of likely N-dealkylation sites (N-methyl/N-ethyl adjacent to an activating group) is 1. The molecular formula is C17H27FN2O3S. The minimum atomic E-state index is -3.81. The summed E-state index contributed by atoms with van der Waals surface area (Å²) in [6.45, 7) is 7.62. The summed E-state index contributed by atoms with van der Waals surface area (Å²) in [6.07, 6.45) is 0.504. The fraction of sp³-hybridized carbons (Fsp3) is 0.588. The molecule has 0 bridgehead atoms. The summed E-state index contributed by atoms with van der Waals surface area (Å²) in [6, 6.07) is 5.21. The number of amides is 1. The van der Waals surface area contributed by atoms with Gasteiger partial charge in [0.15, 0.2) is 0 Å². The molecular weight excluding hydrogens is 331 g/mol. The molecule has 1 amide bonds. The highest BCUT2D eigenvalue weighted by Gasteiger charge is 2.27. The van der Waals surface area contributed by atoms with Crippen LogP contribution in [0.5, 0.6) is 0 Å². The van der Waals surface area contributed by atoms with E-state index in [1.165, 1.54) is 18.2 Å². The zero-order chi connectivity index (χ0) is 18.5. The maximum absolute atomic E-state index is 13.3. The average Bonchev–Trinajstić information content (AvgIpc) is 2.42. The molecule has 0 saturated carbocycles. The molecule has 0 saturated heterocycles. The van der Waals surface area contributed by atoms with Crippen molar-refractivity contribution in [2.45, 2.75) is 46.1 Å². The molecule has 24 heavy (non-hydrogen) atoms. The summed E-state index contributed by atoms with van der Waals surface area (Å²) in [5.41, 5.74) is 0.455. The van der Waals surface area contributed by atoms with E-state index in [0.717, 1.165) is 0 Å². The molecule has 1 aromatic rings. The van der Waals surface area contributed by atoms with Crippen molar-refractivity contribution in [1.29, 1.82) is 0 Å². The maximum atomic E-state index is 13.3. The quantitative estimate of drug-likeness (QED) is 0.785. The van der Waals surface area contributed by atoms with Gasteiger partial charge in [0.2, 0.25) is 10.0 Å². The van der Waals surface area contributed by atoms with E-state index < -0.39 is 33.7 Å². The Kier molecular flexibility index (Phi) is 6.92. The molecule has 2 unspecified atom stereocenters. The third-order valence-electron chi connectivity index (χ3n) is 3.62. The number of halogens is 1. The smallest absolute Gasteiger partial charge is 0.250 e. The molecule has 0 aromatic heterocycles. The van der Waals surface area contributed by atoms with Crippen LogP contribution in [0.4, 0.5) is 4.39 Å². The number of sulfonamides is 1. The van der Waals surface area contributed by atoms with Crippen molar-refractivity contribution in [3.63, 3.8) is 0 Å². The number of hydrogen-bond acceptors (Lipinski definition) is 4. The second-order valence-corrected chi connectivity index (χ2v) is 9.08. The SMILES string of the molecule is CNC(CC(C)(C)C)C(=O)NS(=O)(=O)CC(C)c1cccc(F)c1. The lowest BCUT2D eigenvalue weighted by molar-refractivity contribution is -0.121. The van der Waals surface area contributed by atoms with Gasteiger partial charge in [-0.25, -0.2) is 12.8 Å². The summed E-state index contributed by atoms with van der Waals surface area (Å²) in [5.74, 6) is -1.70. The predicted molar refractivity (Wildman–Crippen MR) is 93.7 cm³/mol. The van der Waals surface area contributed by atoms with Gasteiger partial charge in [-0.05, 0) is 42.5 Å². The summed E-state index contributed by atoms with van der Waals surface area (Å²) < 4.78 is 39.9. The Balaban J connectivity index is 2.76. The van der Waals surface area contributed by atoms with E-state index in [4.69, 9.17) is 0 Å². The zero-order valence-electron chi connectivity index (χ0n) is 14.9. The van der Waals surface area contributed by atoms with Crippen LogP contribution in [-0.4, -0.2) is 33.2 Å². The molecule has 7 heteroatoms. The van der Waals surface area contributed by atoms with E-state index in [2.05, 4.69) is 10.0 Å². The Morgan fingerprint density at radius 2 is 1.92 bits per heavy atom. The first-order valence-electron chi connectivity index (χ1n) is 7.90. The van der Waals surface area contributed by atoms with Gasteiger partial charge in [0.25, 0.3) is 5.91 Å². The molecule has 136 valence electrons. The number of rotatable bonds is 7. The summed E-state index contributed by atoms with van der Waals surface area (Å²) in [7, 11) is -2.19. The lowest BCUT2D eigenvalue weighted by Gasteiger charge is -2.25. The second-order valence-electron chi connectivity index (χ2n) is 7.31. The molecule has 0 aliphatic carbocycles. The minimum Gasteiger partial charge on any atom is -0.309 e. The monoisotopic (exact) mass is 358 g/mol. The first-order valence-corrected chi connectivity index (χ1v) is 9.56. The normalized spacial score (nSPS) is 14.9. The number of hydrogen-bond donors (Lipinski definition) is 2. The van der Waals surface area contributed by atoms with Gasteiger partial charge in [-0.2, -0.15) is 0 Å². The molecule has 5 nitrogen and oxygen atoms in total. The molecule has 2 atom stereocenters. The molecule has 0 spiro atoms. The fourth-order valence-corrected chi connectivity index (χ4v) is 3.83. The lowest BCUT2D eigenvalue weighted by atomic mass is 9.88. The predicted octanol–water partition coefficient (Wildman–Crippen LogP) is 2.40. The van der Waals surface area contributed by atoms with Gasteiger partial charge in [0.1, 0.15) is 5.82 Å². The Hall–Kier alpha value is -1.47. The van der Waals surface area contributed by atoms with Crippen molar-refractivity contribution in [2.24, 2.45) is 5.41 Å². The Morgan fingerprint density at radius 1 is 1.29 bits per heavy atom. The Bertz CT molecular complexity index is 669. The largest absolute Gasteiger partial charge is 0.309 e. The molecule has 2 N–H and O–H groups in total. The van der Waals surface area contributed by atoms with Crippen LogP contribution < -0.4 is 10.0 Å². The van der Waals surface area contributed by atoms with Crippen molar-refractivity contribution >= 4 is 15.9 Å². The van der Waals surface area contributed by atoms with Crippen molar-refractivity contribution in [1.82, 2.24) is 10.0 Å². The first kappa shape index (κ1) is 20.6. The van der Waals surface area contributed by atoms with E-state index in [9.17, 15) is 17.6 Å². The van der Waals surface area contributed by atoms with E-state index in [1.54, 1.807) is 20.0 Å². The lowest BCUT2D eigenvalue weighted by Crippen LogP contribution is -2.47. The topological polar surface area (TPSA) is 75.3 Å². The van der Waals surface area contributed by atoms with E-state index >= 15 is 0 Å². The standard InChI is InChI=1S/C17H27FN2O3S/c1-12(13-7-6-8-14(18)9-13)11-24(22,23)20-16(21)15(19-5)10-17(2,3)4/h6-9,12,15,19H,10-11H2,1-5H3,(H,20,21). The Morgan fingerprint density at radius 3 is 2.42 bits per heavy atom. The first-order chi connectivity index (χ1) is 10.9. The van der Waals surface area contributed by atoms with Gasteiger partial charge in [-0.3, -0.25) is 9.52 Å². The van der Waals surface area contributed by atoms with Crippen LogP contribution in [0.2, 0.25) is 0 Å². The van der Waals surface area contributed by atoms with Crippen molar-refractivity contribution < 1.29 is 17.6 Å². The molecule has 0 fully saturated rings. The molecule has 0 aliphatic rings. The van der Waals surface area contributed by atoms with E-state index in [-0.39, 0.29) is 11.2 Å². The van der Waals surface area contributed by atoms with Crippen LogP contribution in [0.3, 0.4) is 0 Å². The van der Waals surface area contributed by atoms with Gasteiger partial charge in [-0.15, -0.1) is 0 Å². The average molecular weight is 358 g/mol.